The number of rotatable bonds is 4. The maximum Gasteiger partial charge on any atom is 0.255 e. The van der Waals surface area contributed by atoms with Gasteiger partial charge in [-0.3, -0.25) is 9.59 Å². The van der Waals surface area contributed by atoms with Crippen LogP contribution in [0.1, 0.15) is 23.2 Å². The molecule has 0 aliphatic carbocycles. The van der Waals surface area contributed by atoms with Gasteiger partial charge in [-0.25, -0.2) is 0 Å². The number of benzene rings is 1. The van der Waals surface area contributed by atoms with Crippen LogP contribution in [0, 0.1) is 5.92 Å². The largest absolute Gasteiger partial charge is 0.389 e. The van der Waals surface area contributed by atoms with Crippen molar-refractivity contribution in [3.05, 3.63) is 29.8 Å². The highest BCUT2D eigenvalue weighted by Crippen LogP contribution is 2.36. The van der Waals surface area contributed by atoms with Gasteiger partial charge >= 0.3 is 0 Å². The first-order chi connectivity index (χ1) is 12.5. The van der Waals surface area contributed by atoms with E-state index in [1.165, 1.54) is 7.11 Å². The molecule has 0 bridgehead atoms. The van der Waals surface area contributed by atoms with Gasteiger partial charge in [0.1, 0.15) is 6.61 Å². The Morgan fingerprint density at radius 3 is 2.58 bits per heavy atom. The number of amides is 2. The molecule has 7 heteroatoms. The third-order valence-corrected chi connectivity index (χ3v) is 6.31. The molecule has 6 nitrogen and oxygen atoms in total. The number of carbonyl (C=O) groups excluding carboxylic acids is 2. The van der Waals surface area contributed by atoms with Gasteiger partial charge in [-0.1, -0.05) is 12.1 Å². The SMILES string of the molecule is COCC(=O)N1CC[C@@]2(O)CCN(C(=O)c3ccccc3SC)C[C@H]2C1. The molecule has 2 saturated heterocycles. The monoisotopic (exact) mass is 378 g/mol. The summed E-state index contributed by atoms with van der Waals surface area (Å²) in [6.45, 7) is 2.06. The number of likely N-dealkylation sites (tertiary alicyclic amines) is 2. The van der Waals surface area contributed by atoms with Crippen molar-refractivity contribution in [3.8, 4) is 0 Å². The lowest BCUT2D eigenvalue weighted by atomic mass is 9.75. The number of ether oxygens (including phenoxy) is 1. The minimum Gasteiger partial charge on any atom is -0.389 e. The van der Waals surface area contributed by atoms with Crippen LogP contribution in [0.3, 0.4) is 0 Å². The molecule has 1 aromatic rings. The quantitative estimate of drug-likeness (QED) is 0.804. The second-order valence-electron chi connectivity index (χ2n) is 7.02. The van der Waals surface area contributed by atoms with Crippen LogP contribution in [0.15, 0.2) is 29.2 Å². The Morgan fingerprint density at radius 2 is 1.88 bits per heavy atom. The number of fused-ring (bicyclic) bond motifs is 1. The Balaban J connectivity index is 1.73. The molecule has 0 unspecified atom stereocenters. The van der Waals surface area contributed by atoms with Gasteiger partial charge in [0, 0.05) is 44.1 Å². The maximum absolute atomic E-state index is 13.0. The molecule has 0 saturated carbocycles. The molecule has 0 radical (unpaired) electrons. The molecule has 1 aromatic carbocycles. The number of aliphatic hydroxyl groups is 1. The summed E-state index contributed by atoms with van der Waals surface area (Å²) >= 11 is 1.56. The fourth-order valence-corrected chi connectivity index (χ4v) is 4.51. The van der Waals surface area contributed by atoms with E-state index in [9.17, 15) is 14.7 Å². The summed E-state index contributed by atoms with van der Waals surface area (Å²) in [7, 11) is 1.50. The summed E-state index contributed by atoms with van der Waals surface area (Å²) in [6.07, 6.45) is 3.06. The number of piperidine rings is 2. The van der Waals surface area contributed by atoms with E-state index in [1.54, 1.807) is 16.7 Å². The number of carbonyl (C=O) groups is 2. The van der Waals surface area contributed by atoms with Gasteiger partial charge in [0.25, 0.3) is 5.91 Å². The van der Waals surface area contributed by atoms with Gasteiger partial charge in [0.15, 0.2) is 0 Å². The third-order valence-electron chi connectivity index (χ3n) is 5.52. The summed E-state index contributed by atoms with van der Waals surface area (Å²) in [5.74, 6) is -0.195. The summed E-state index contributed by atoms with van der Waals surface area (Å²) in [6, 6.07) is 7.60. The highest BCUT2D eigenvalue weighted by atomic mass is 32.2. The van der Waals surface area contributed by atoms with Gasteiger partial charge in [-0.15, -0.1) is 11.8 Å². The van der Waals surface area contributed by atoms with Crippen molar-refractivity contribution in [2.45, 2.75) is 23.3 Å². The van der Waals surface area contributed by atoms with Gasteiger partial charge in [-0.2, -0.15) is 0 Å². The van der Waals surface area contributed by atoms with Gasteiger partial charge < -0.3 is 19.6 Å². The van der Waals surface area contributed by atoms with Crippen molar-refractivity contribution >= 4 is 23.6 Å². The smallest absolute Gasteiger partial charge is 0.255 e. The molecule has 0 aromatic heterocycles. The summed E-state index contributed by atoms with van der Waals surface area (Å²) in [4.78, 5) is 29.7. The Kier molecular flexibility index (Phi) is 5.89. The zero-order valence-corrected chi connectivity index (χ0v) is 16.1. The number of thioether (sulfide) groups is 1. The summed E-state index contributed by atoms with van der Waals surface area (Å²) in [5, 5.41) is 11.0. The average Bonchev–Trinajstić information content (AvgIpc) is 2.66. The topological polar surface area (TPSA) is 70.1 Å². The molecule has 26 heavy (non-hydrogen) atoms. The molecule has 2 atom stereocenters. The summed E-state index contributed by atoms with van der Waals surface area (Å²) < 4.78 is 4.94. The number of nitrogens with zero attached hydrogens (tertiary/aromatic N) is 2. The van der Waals surface area contributed by atoms with E-state index in [2.05, 4.69) is 0 Å². The zero-order valence-electron chi connectivity index (χ0n) is 15.3. The first-order valence-corrected chi connectivity index (χ1v) is 10.1. The zero-order chi connectivity index (χ0) is 18.7. The van der Waals surface area contributed by atoms with Crippen LogP contribution in [0.25, 0.3) is 0 Å². The third kappa shape index (κ3) is 3.75. The van der Waals surface area contributed by atoms with Crippen molar-refractivity contribution in [1.82, 2.24) is 9.80 Å². The molecule has 3 rings (SSSR count). The Morgan fingerprint density at radius 1 is 1.23 bits per heavy atom. The van der Waals surface area contributed by atoms with Crippen molar-refractivity contribution in [3.63, 3.8) is 0 Å². The Bertz CT molecular complexity index is 683. The highest BCUT2D eigenvalue weighted by molar-refractivity contribution is 7.98. The lowest BCUT2D eigenvalue weighted by Gasteiger charge is -2.50. The fraction of sp³-hybridized carbons (Fsp3) is 0.579. The average molecular weight is 378 g/mol. The Labute approximate surface area is 158 Å². The number of hydrogen-bond acceptors (Lipinski definition) is 5. The molecule has 2 amide bonds. The predicted octanol–water partition coefficient (Wildman–Crippen LogP) is 1.48. The van der Waals surface area contributed by atoms with Crippen molar-refractivity contribution in [2.24, 2.45) is 5.92 Å². The molecule has 2 heterocycles. The first-order valence-electron chi connectivity index (χ1n) is 8.90. The molecule has 2 aliphatic heterocycles. The minimum absolute atomic E-state index is 0.00246. The summed E-state index contributed by atoms with van der Waals surface area (Å²) in [5.41, 5.74) is -0.0896. The van der Waals surface area contributed by atoms with E-state index < -0.39 is 5.60 Å². The van der Waals surface area contributed by atoms with Crippen molar-refractivity contribution in [1.29, 1.82) is 0 Å². The van der Waals surface area contributed by atoms with Gasteiger partial charge in [0.2, 0.25) is 5.91 Å². The van der Waals surface area contributed by atoms with Crippen molar-refractivity contribution in [2.75, 3.05) is 46.2 Å². The second kappa shape index (κ2) is 7.98. The molecular formula is C19H26N2O4S. The lowest BCUT2D eigenvalue weighted by Crippen LogP contribution is -2.61. The molecule has 0 spiro atoms. The normalized spacial score (nSPS) is 25.7. The van der Waals surface area contributed by atoms with Crippen LogP contribution >= 0.6 is 11.8 Å². The molecule has 1 N–H and O–H groups in total. The van der Waals surface area contributed by atoms with Crippen LogP contribution in [0.2, 0.25) is 0 Å². The van der Waals surface area contributed by atoms with E-state index in [0.29, 0.717) is 44.6 Å². The molecule has 2 fully saturated rings. The van der Waals surface area contributed by atoms with Crippen LogP contribution in [0.4, 0.5) is 0 Å². The Hall–Kier alpha value is -1.57. The van der Waals surface area contributed by atoms with E-state index in [0.717, 1.165) is 4.90 Å². The van der Waals surface area contributed by atoms with Crippen LogP contribution in [0.5, 0.6) is 0 Å². The van der Waals surface area contributed by atoms with E-state index in [1.807, 2.05) is 35.4 Å². The van der Waals surface area contributed by atoms with E-state index in [-0.39, 0.29) is 24.3 Å². The number of methoxy groups -OCH3 is 1. The minimum atomic E-state index is -0.792. The molecular weight excluding hydrogens is 352 g/mol. The maximum atomic E-state index is 13.0. The van der Waals surface area contributed by atoms with Crippen LogP contribution in [-0.4, -0.2) is 78.5 Å². The van der Waals surface area contributed by atoms with Crippen LogP contribution in [-0.2, 0) is 9.53 Å². The van der Waals surface area contributed by atoms with Gasteiger partial charge in [-0.05, 0) is 31.2 Å². The first kappa shape index (κ1) is 19.2. The predicted molar refractivity (Wildman–Crippen MR) is 100 cm³/mol. The molecule has 142 valence electrons. The standard InChI is InChI=1S/C19H26N2O4S/c1-25-13-17(22)20-9-7-19(24)8-10-21(12-14(19)11-20)18(23)15-5-3-4-6-16(15)26-2/h3-6,14,24H,7-13H2,1-2H3/t14-,19-/m1/s1. The van der Waals surface area contributed by atoms with Gasteiger partial charge in [0.05, 0.1) is 11.2 Å². The lowest BCUT2D eigenvalue weighted by molar-refractivity contribution is -0.148. The van der Waals surface area contributed by atoms with Crippen molar-refractivity contribution < 1.29 is 19.4 Å². The van der Waals surface area contributed by atoms with E-state index >= 15 is 0 Å². The highest BCUT2D eigenvalue weighted by Gasteiger charge is 2.46. The van der Waals surface area contributed by atoms with E-state index in [4.69, 9.17) is 4.74 Å². The fourth-order valence-electron chi connectivity index (χ4n) is 3.92. The number of hydrogen-bond donors (Lipinski definition) is 1. The van der Waals surface area contributed by atoms with Crippen LogP contribution < -0.4 is 0 Å². The molecule has 2 aliphatic rings. The second-order valence-corrected chi connectivity index (χ2v) is 7.87.